The standard InChI is InChI=1S/3K.2Na.3H3O4P/c;;;;;3*1-5(2,3)4/h;;;;;3*(H3,1,2,3,4)/q5*+1;;;/p-5. The van der Waals surface area contributed by atoms with Gasteiger partial charge in [-0.2, -0.15) is 7.82 Å². The molecule has 0 saturated carbocycles. The molecule has 0 aliphatic heterocycles. The molecule has 4 N–H and O–H groups in total. The third-order valence-electron chi connectivity index (χ3n) is 0. The van der Waals surface area contributed by atoms with Gasteiger partial charge in [0.05, 0.1) is 0 Å². The zero-order valence-corrected chi connectivity index (χ0v) is 27.4. The Hall–Kier alpha value is 7.24. The fraction of sp³-hybridized carbons (Fsp3) is 0. The summed E-state index contributed by atoms with van der Waals surface area (Å²) in [5.41, 5.74) is 0. The Morgan fingerprint density at radius 2 is 0.550 bits per heavy atom. The van der Waals surface area contributed by atoms with Crippen molar-refractivity contribution >= 4 is 23.5 Å². The van der Waals surface area contributed by atoms with Gasteiger partial charge in [-0.15, -0.1) is 0 Å². The van der Waals surface area contributed by atoms with Crippen LogP contribution in [0.2, 0.25) is 0 Å². The molecule has 12 nitrogen and oxygen atoms in total. The second kappa shape index (κ2) is 26.2. The molecule has 20 heavy (non-hydrogen) atoms. The van der Waals surface area contributed by atoms with Crippen LogP contribution in [0, 0.1) is 0 Å². The number of phosphoric acid groups is 3. The minimum absolute atomic E-state index is 0. The Morgan fingerprint density at radius 3 is 0.550 bits per heavy atom. The Labute approximate surface area is 286 Å². The molecule has 0 aromatic rings. The Balaban J connectivity index is -0.0000000160. The van der Waals surface area contributed by atoms with Crippen LogP contribution in [0.15, 0.2) is 0 Å². The summed E-state index contributed by atoms with van der Waals surface area (Å²) in [5.74, 6) is 0. The molecule has 0 aromatic carbocycles. The Morgan fingerprint density at radius 1 is 0.550 bits per heavy atom. The van der Waals surface area contributed by atoms with E-state index in [1.807, 2.05) is 0 Å². The van der Waals surface area contributed by atoms with E-state index in [2.05, 4.69) is 0 Å². The molecule has 0 saturated heterocycles. The molecule has 0 spiro atoms. The first kappa shape index (κ1) is 50.7. The van der Waals surface area contributed by atoms with Crippen LogP contribution in [-0.2, 0) is 13.7 Å². The summed E-state index contributed by atoms with van der Waals surface area (Å²) in [6.07, 6.45) is 0. The summed E-state index contributed by atoms with van der Waals surface area (Å²) in [6.45, 7) is 0. The zero-order chi connectivity index (χ0) is 13.5. The van der Waals surface area contributed by atoms with E-state index in [1.165, 1.54) is 0 Å². The molecule has 0 atom stereocenters. The van der Waals surface area contributed by atoms with Crippen LogP contribution in [0.3, 0.4) is 0 Å². The summed E-state index contributed by atoms with van der Waals surface area (Å²) in [7, 11) is -15.2. The molecule has 0 aromatic heterocycles. The zero-order valence-electron chi connectivity index (χ0n) is 11.4. The predicted octanol–water partition coefficient (Wildman–Crippen LogP) is -20.9. The quantitative estimate of drug-likeness (QED) is 0.198. The van der Waals surface area contributed by atoms with Gasteiger partial charge >= 0.3 is 213 Å². The van der Waals surface area contributed by atoms with Crippen LogP contribution in [0.5, 0.6) is 0 Å². The van der Waals surface area contributed by atoms with Crippen molar-refractivity contribution in [3.8, 4) is 0 Å². The van der Waals surface area contributed by atoms with Gasteiger partial charge in [0.15, 0.2) is 0 Å². The van der Waals surface area contributed by atoms with Crippen molar-refractivity contribution in [3.63, 3.8) is 0 Å². The fourth-order valence-electron chi connectivity index (χ4n) is 0. The van der Waals surface area contributed by atoms with Crippen LogP contribution in [0.25, 0.3) is 0 Å². The second-order valence-corrected chi connectivity index (χ2v) is 4.29. The van der Waals surface area contributed by atoms with E-state index in [1.54, 1.807) is 0 Å². The molecule has 0 rings (SSSR count). The molecule has 0 unspecified atom stereocenters. The van der Waals surface area contributed by atoms with Gasteiger partial charge in [-0.1, -0.05) is 0 Å². The summed E-state index contributed by atoms with van der Waals surface area (Å²) >= 11 is 0. The molecular weight excluding hydrogens is 448 g/mol. The number of hydrogen-bond donors (Lipinski definition) is 4. The predicted molar refractivity (Wildman–Crippen MR) is 31.7 cm³/mol. The van der Waals surface area contributed by atoms with E-state index in [9.17, 15) is 0 Å². The van der Waals surface area contributed by atoms with Crippen molar-refractivity contribution in [2.75, 3.05) is 0 Å². The molecule has 0 bridgehead atoms. The minimum atomic E-state index is -5.39. The van der Waals surface area contributed by atoms with Crippen LogP contribution in [0.1, 0.15) is 0 Å². The van der Waals surface area contributed by atoms with Gasteiger partial charge in [0.2, 0.25) is 0 Å². The van der Waals surface area contributed by atoms with Crippen LogP contribution in [-0.4, -0.2) is 19.6 Å². The number of hydrogen-bond acceptors (Lipinski definition) is 8. The van der Waals surface area contributed by atoms with Crippen molar-refractivity contribution in [3.05, 3.63) is 0 Å². The van der Waals surface area contributed by atoms with Crippen LogP contribution < -0.4 is 238 Å². The molecule has 0 fully saturated rings. The third kappa shape index (κ3) is 283. The van der Waals surface area contributed by atoms with Crippen molar-refractivity contribution in [1.82, 2.24) is 0 Å². The summed E-state index contributed by atoms with van der Waals surface area (Å²) in [4.78, 5) is 71.5. The maximum Gasteiger partial charge on any atom is 1.00 e. The van der Waals surface area contributed by atoms with Gasteiger partial charge < -0.3 is 48.6 Å². The van der Waals surface area contributed by atoms with Gasteiger partial charge in [0.25, 0.3) is 15.6 Å². The van der Waals surface area contributed by atoms with Gasteiger partial charge in [0, 0.05) is 0 Å². The third-order valence-corrected chi connectivity index (χ3v) is 0. The first-order chi connectivity index (χ1) is 6.00. The maximum atomic E-state index is 8.77. The SMILES string of the molecule is O=P([O-])(O)O.O=P([O-])(O)O.O=P([O-])([O-])[O-].[K+].[K+].[K+].[Na+].[Na+]. The first-order valence-electron chi connectivity index (χ1n) is 2.26. The van der Waals surface area contributed by atoms with Gasteiger partial charge in [-0.05, 0) is 0 Å². The summed E-state index contributed by atoms with van der Waals surface area (Å²) in [5, 5.41) is 0. The molecule has 0 radical (unpaired) electrons. The Bertz CT molecular complexity index is 218. The van der Waals surface area contributed by atoms with E-state index in [-0.39, 0.29) is 213 Å². The summed E-state index contributed by atoms with van der Waals surface area (Å²) in [6, 6.07) is 0. The van der Waals surface area contributed by atoms with E-state index < -0.39 is 23.5 Å². The summed E-state index contributed by atoms with van der Waals surface area (Å²) < 4.78 is 26.1. The average Bonchev–Trinajstić information content (AvgIpc) is 1.41. The Kier molecular flexibility index (Phi) is 66.5. The van der Waals surface area contributed by atoms with Crippen LogP contribution in [0.4, 0.5) is 0 Å². The molecule has 96 valence electrons. The van der Waals surface area contributed by atoms with Gasteiger partial charge in [0.1, 0.15) is 0 Å². The maximum absolute atomic E-state index is 8.77. The van der Waals surface area contributed by atoms with E-state index in [0.717, 1.165) is 0 Å². The molecule has 0 aliphatic rings. The van der Waals surface area contributed by atoms with Gasteiger partial charge in [-0.25, -0.2) is 0 Å². The molecular formula is H4K3Na2O12P3. The fourth-order valence-corrected chi connectivity index (χ4v) is 0. The van der Waals surface area contributed by atoms with Crippen molar-refractivity contribution in [2.45, 2.75) is 0 Å². The van der Waals surface area contributed by atoms with E-state index >= 15 is 0 Å². The molecule has 0 aliphatic carbocycles. The van der Waals surface area contributed by atoms with Crippen molar-refractivity contribution in [1.29, 1.82) is 0 Å². The first-order valence-corrected chi connectivity index (χ1v) is 6.78. The van der Waals surface area contributed by atoms with E-state index in [0.29, 0.717) is 0 Å². The van der Waals surface area contributed by atoms with Crippen molar-refractivity contribution in [2.24, 2.45) is 0 Å². The molecule has 0 amide bonds. The van der Waals surface area contributed by atoms with Crippen LogP contribution >= 0.6 is 23.5 Å². The number of rotatable bonds is 0. The van der Waals surface area contributed by atoms with E-state index in [4.69, 9.17) is 57.7 Å². The minimum Gasteiger partial charge on any atom is -0.822 e. The monoisotopic (exact) mass is 452 g/mol. The normalized spacial score (nSPS) is 8.85. The smallest absolute Gasteiger partial charge is 0.822 e. The molecule has 20 heteroatoms. The molecule has 0 heterocycles. The topological polar surface area (TPSA) is 247 Å². The van der Waals surface area contributed by atoms with Crippen molar-refractivity contribution < 1.29 is 271 Å². The van der Waals surface area contributed by atoms with Gasteiger partial charge in [-0.3, -0.25) is 9.13 Å². The second-order valence-electron chi connectivity index (χ2n) is 1.43. The largest absolute Gasteiger partial charge is 1.00 e. The average molecular weight is 452 g/mol.